The molecule has 0 saturated carbocycles. The van der Waals surface area contributed by atoms with Crippen molar-refractivity contribution >= 4 is 17.6 Å². The molecule has 1 aromatic carbocycles. The third-order valence-corrected chi connectivity index (χ3v) is 3.32. The molecule has 0 radical (unpaired) electrons. The van der Waals surface area contributed by atoms with E-state index in [0.717, 1.165) is 6.07 Å². The van der Waals surface area contributed by atoms with E-state index in [1.54, 1.807) is 6.92 Å². The zero-order chi connectivity index (χ0) is 15.0. The molecule has 0 atom stereocenters. The lowest BCUT2D eigenvalue weighted by Gasteiger charge is -2.14. The highest BCUT2D eigenvalue weighted by Crippen LogP contribution is 2.21. The van der Waals surface area contributed by atoms with E-state index in [1.807, 2.05) is 0 Å². The lowest BCUT2D eigenvalue weighted by molar-refractivity contribution is 0.0694. The summed E-state index contributed by atoms with van der Waals surface area (Å²) in [4.78, 5) is 23.3. The van der Waals surface area contributed by atoms with E-state index < -0.39 is 17.3 Å². The Hall–Kier alpha value is -2.14. The Kier molecular flexibility index (Phi) is 3.63. The second-order valence-corrected chi connectivity index (χ2v) is 4.77. The third kappa shape index (κ3) is 2.32. The van der Waals surface area contributed by atoms with Crippen molar-refractivity contribution in [1.29, 1.82) is 0 Å². The van der Waals surface area contributed by atoms with Crippen molar-refractivity contribution in [2.75, 3.05) is 0 Å². The molecule has 0 unspecified atom stereocenters. The van der Waals surface area contributed by atoms with Gasteiger partial charge in [-0.25, -0.2) is 9.18 Å². The second-order valence-electron chi connectivity index (χ2n) is 4.36. The van der Waals surface area contributed by atoms with Gasteiger partial charge in [-0.1, -0.05) is 11.6 Å². The molecule has 0 spiro atoms. The van der Waals surface area contributed by atoms with Gasteiger partial charge in [-0.3, -0.25) is 9.36 Å². The number of carboxylic acid groups (broad SMARTS) is 1. The van der Waals surface area contributed by atoms with Gasteiger partial charge in [0.1, 0.15) is 5.82 Å². The maximum absolute atomic E-state index is 13.2. The molecule has 0 aliphatic heterocycles. The van der Waals surface area contributed by atoms with Crippen LogP contribution >= 0.6 is 11.6 Å². The summed E-state index contributed by atoms with van der Waals surface area (Å²) in [6.07, 6.45) is 0. The Morgan fingerprint density at radius 1 is 1.30 bits per heavy atom. The maximum Gasteiger partial charge on any atom is 0.337 e. The van der Waals surface area contributed by atoms with Gasteiger partial charge in [0.25, 0.3) is 5.56 Å². The van der Waals surface area contributed by atoms with Crippen molar-refractivity contribution in [2.24, 2.45) is 0 Å². The van der Waals surface area contributed by atoms with Crippen LogP contribution in [0.3, 0.4) is 0 Å². The quantitative estimate of drug-likeness (QED) is 0.926. The number of aromatic nitrogens is 1. The van der Waals surface area contributed by atoms with Gasteiger partial charge in [0, 0.05) is 11.8 Å². The minimum Gasteiger partial charge on any atom is -0.478 e. The van der Waals surface area contributed by atoms with Crippen molar-refractivity contribution in [3.63, 3.8) is 0 Å². The van der Waals surface area contributed by atoms with Gasteiger partial charge in [-0.05, 0) is 37.6 Å². The number of aryl methyl sites for hydroxylation is 1. The van der Waals surface area contributed by atoms with E-state index in [2.05, 4.69) is 0 Å². The number of nitrogens with zero attached hydrogens (tertiary/aromatic N) is 1. The van der Waals surface area contributed by atoms with Crippen LogP contribution in [0.2, 0.25) is 5.02 Å². The van der Waals surface area contributed by atoms with Gasteiger partial charge >= 0.3 is 5.97 Å². The normalized spacial score (nSPS) is 10.6. The fourth-order valence-corrected chi connectivity index (χ4v) is 2.33. The van der Waals surface area contributed by atoms with Gasteiger partial charge in [0.2, 0.25) is 0 Å². The predicted molar refractivity (Wildman–Crippen MR) is 73.4 cm³/mol. The molecule has 1 N–H and O–H groups in total. The van der Waals surface area contributed by atoms with Gasteiger partial charge < -0.3 is 5.11 Å². The van der Waals surface area contributed by atoms with E-state index in [0.29, 0.717) is 11.3 Å². The molecular weight excluding hydrogens is 285 g/mol. The fourth-order valence-electron chi connectivity index (χ4n) is 2.15. The molecule has 0 aliphatic carbocycles. The van der Waals surface area contributed by atoms with Crippen LogP contribution in [-0.2, 0) is 0 Å². The maximum atomic E-state index is 13.2. The van der Waals surface area contributed by atoms with Crippen molar-refractivity contribution < 1.29 is 14.3 Å². The monoisotopic (exact) mass is 295 g/mol. The van der Waals surface area contributed by atoms with Gasteiger partial charge in [0.05, 0.1) is 16.3 Å². The van der Waals surface area contributed by atoms with Crippen LogP contribution in [0, 0.1) is 19.7 Å². The van der Waals surface area contributed by atoms with Gasteiger partial charge in [0.15, 0.2) is 0 Å². The molecule has 1 aromatic heterocycles. The summed E-state index contributed by atoms with van der Waals surface area (Å²) in [5.41, 5.74) is 0.619. The molecule has 20 heavy (non-hydrogen) atoms. The molecule has 2 rings (SSSR count). The molecule has 0 aliphatic rings. The number of aromatic carboxylic acids is 1. The molecule has 0 bridgehead atoms. The lowest BCUT2D eigenvalue weighted by Crippen LogP contribution is -2.24. The summed E-state index contributed by atoms with van der Waals surface area (Å²) in [5, 5.41) is 9.07. The highest BCUT2D eigenvalue weighted by molar-refractivity contribution is 6.30. The van der Waals surface area contributed by atoms with Crippen molar-refractivity contribution in [2.45, 2.75) is 13.8 Å². The Morgan fingerprint density at radius 3 is 2.50 bits per heavy atom. The number of carbonyl (C=O) groups is 1. The Morgan fingerprint density at radius 2 is 1.95 bits per heavy atom. The summed E-state index contributed by atoms with van der Waals surface area (Å²) in [5.74, 6) is -1.73. The standard InChI is InChI=1S/C14H11ClFNO3/c1-7-5-12(18)17(8(2)13(7)14(19)20)9-3-4-11(16)10(15)6-9/h3-6H,1-2H3,(H,19,20). The molecule has 104 valence electrons. The average molecular weight is 296 g/mol. The Balaban J connectivity index is 2.80. The van der Waals surface area contributed by atoms with Crippen molar-refractivity contribution in [1.82, 2.24) is 4.57 Å². The first-order chi connectivity index (χ1) is 9.32. The molecule has 1 heterocycles. The molecule has 6 heteroatoms. The predicted octanol–water partition coefficient (Wildman–Crippen LogP) is 2.95. The molecule has 4 nitrogen and oxygen atoms in total. The second kappa shape index (κ2) is 5.09. The van der Waals surface area contributed by atoms with Crippen LogP contribution in [0.4, 0.5) is 4.39 Å². The molecular formula is C14H11ClFNO3. The minimum atomic E-state index is -1.12. The first-order valence-corrected chi connectivity index (χ1v) is 6.12. The molecule has 2 aromatic rings. The number of benzene rings is 1. The molecule has 0 saturated heterocycles. The topological polar surface area (TPSA) is 59.3 Å². The third-order valence-electron chi connectivity index (χ3n) is 3.03. The van der Waals surface area contributed by atoms with Crippen molar-refractivity contribution in [3.05, 3.63) is 62.3 Å². The SMILES string of the molecule is Cc1cc(=O)n(-c2ccc(F)c(Cl)c2)c(C)c1C(=O)O. The summed E-state index contributed by atoms with van der Waals surface area (Å²) in [6.45, 7) is 3.08. The average Bonchev–Trinajstić information content (AvgIpc) is 2.32. The van der Waals surface area contributed by atoms with E-state index in [4.69, 9.17) is 11.6 Å². The van der Waals surface area contributed by atoms with E-state index in [9.17, 15) is 19.1 Å². The van der Waals surface area contributed by atoms with Gasteiger partial charge in [-0.2, -0.15) is 0 Å². The summed E-state index contributed by atoms with van der Waals surface area (Å²) >= 11 is 5.70. The first-order valence-electron chi connectivity index (χ1n) is 5.75. The number of hydrogen-bond donors (Lipinski definition) is 1. The van der Waals surface area contributed by atoms with Crippen LogP contribution in [0.5, 0.6) is 0 Å². The zero-order valence-electron chi connectivity index (χ0n) is 10.8. The van der Waals surface area contributed by atoms with Crippen LogP contribution in [0.1, 0.15) is 21.6 Å². The summed E-state index contributed by atoms with van der Waals surface area (Å²) < 4.78 is 14.4. The first kappa shape index (κ1) is 14.3. The number of hydrogen-bond acceptors (Lipinski definition) is 2. The lowest BCUT2D eigenvalue weighted by atomic mass is 10.1. The summed E-state index contributed by atoms with van der Waals surface area (Å²) in [6, 6.07) is 5.01. The van der Waals surface area contributed by atoms with E-state index in [1.165, 1.54) is 29.7 Å². The minimum absolute atomic E-state index is 0.0463. The largest absolute Gasteiger partial charge is 0.478 e. The Bertz CT molecular complexity index is 768. The van der Waals surface area contributed by atoms with E-state index >= 15 is 0 Å². The van der Waals surface area contributed by atoms with Crippen LogP contribution in [0.25, 0.3) is 5.69 Å². The van der Waals surface area contributed by atoms with Crippen LogP contribution < -0.4 is 5.56 Å². The fraction of sp³-hybridized carbons (Fsp3) is 0.143. The van der Waals surface area contributed by atoms with Crippen LogP contribution in [0.15, 0.2) is 29.1 Å². The molecule has 0 fully saturated rings. The Labute approximate surface area is 119 Å². The zero-order valence-corrected chi connectivity index (χ0v) is 11.5. The van der Waals surface area contributed by atoms with Crippen molar-refractivity contribution in [3.8, 4) is 5.69 Å². The van der Waals surface area contributed by atoms with Crippen LogP contribution in [-0.4, -0.2) is 15.6 Å². The highest BCUT2D eigenvalue weighted by atomic mass is 35.5. The number of halogens is 2. The number of carboxylic acids is 1. The highest BCUT2D eigenvalue weighted by Gasteiger charge is 2.17. The molecule has 0 amide bonds. The van der Waals surface area contributed by atoms with Gasteiger partial charge in [-0.15, -0.1) is 0 Å². The smallest absolute Gasteiger partial charge is 0.337 e. The number of rotatable bonds is 2. The summed E-state index contributed by atoms with van der Waals surface area (Å²) in [7, 11) is 0. The number of pyridine rings is 1. The van der Waals surface area contributed by atoms with E-state index in [-0.39, 0.29) is 16.3 Å².